The maximum atomic E-state index is 11.9. The number of carbonyl (C=O) groups is 1. The summed E-state index contributed by atoms with van der Waals surface area (Å²) in [5.74, 6) is 0.751. The molecule has 1 aliphatic heterocycles. The van der Waals surface area contributed by atoms with E-state index in [1.54, 1.807) is 4.90 Å². The minimum atomic E-state index is 0.0192. The molecule has 4 heteroatoms. The van der Waals surface area contributed by atoms with Crippen LogP contribution in [-0.4, -0.2) is 36.5 Å². The SMILES string of the molecule is Cc1ccc(OCC(=O)N2CCC[C@H](N)C2)cc1. The number of hydrogen-bond donors (Lipinski definition) is 1. The van der Waals surface area contributed by atoms with E-state index in [-0.39, 0.29) is 18.6 Å². The Kier molecular flexibility index (Phi) is 4.20. The Morgan fingerprint density at radius 1 is 1.44 bits per heavy atom. The van der Waals surface area contributed by atoms with Crippen molar-refractivity contribution in [1.29, 1.82) is 0 Å². The number of nitrogens with two attached hydrogens (primary N) is 1. The summed E-state index contributed by atoms with van der Waals surface area (Å²) in [6, 6.07) is 7.81. The summed E-state index contributed by atoms with van der Waals surface area (Å²) in [6.45, 7) is 3.56. The van der Waals surface area contributed by atoms with Gasteiger partial charge in [0.1, 0.15) is 5.75 Å². The number of carbonyl (C=O) groups excluding carboxylic acids is 1. The minimum absolute atomic E-state index is 0.0192. The summed E-state index contributed by atoms with van der Waals surface area (Å²) >= 11 is 0. The van der Waals surface area contributed by atoms with Gasteiger partial charge in [-0.15, -0.1) is 0 Å². The van der Waals surface area contributed by atoms with Crippen LogP contribution in [0.15, 0.2) is 24.3 Å². The standard InChI is InChI=1S/C14H20N2O2/c1-11-4-6-13(7-5-11)18-10-14(17)16-8-2-3-12(15)9-16/h4-7,12H,2-3,8-10,15H2,1H3/t12-/m0/s1. The molecule has 0 radical (unpaired) electrons. The average molecular weight is 248 g/mol. The molecule has 0 bridgehead atoms. The van der Waals surface area contributed by atoms with Crippen molar-refractivity contribution in [3.8, 4) is 5.75 Å². The lowest BCUT2D eigenvalue weighted by atomic mass is 10.1. The molecule has 1 heterocycles. The van der Waals surface area contributed by atoms with Gasteiger partial charge >= 0.3 is 0 Å². The van der Waals surface area contributed by atoms with E-state index >= 15 is 0 Å². The van der Waals surface area contributed by atoms with Crippen molar-refractivity contribution in [1.82, 2.24) is 4.90 Å². The number of benzene rings is 1. The van der Waals surface area contributed by atoms with Gasteiger partial charge in [-0.05, 0) is 31.9 Å². The number of hydrogen-bond acceptors (Lipinski definition) is 3. The molecule has 1 fully saturated rings. The van der Waals surface area contributed by atoms with E-state index in [2.05, 4.69) is 0 Å². The molecule has 2 N–H and O–H groups in total. The Labute approximate surface area is 108 Å². The van der Waals surface area contributed by atoms with Crippen LogP contribution in [0.25, 0.3) is 0 Å². The van der Waals surface area contributed by atoms with Gasteiger partial charge in [-0.3, -0.25) is 4.79 Å². The minimum Gasteiger partial charge on any atom is -0.484 e. The van der Waals surface area contributed by atoms with Gasteiger partial charge in [0.25, 0.3) is 5.91 Å². The molecular weight excluding hydrogens is 228 g/mol. The predicted octanol–water partition coefficient (Wildman–Crippen LogP) is 1.32. The fraction of sp³-hybridized carbons (Fsp3) is 0.500. The van der Waals surface area contributed by atoms with Gasteiger partial charge in [0, 0.05) is 19.1 Å². The van der Waals surface area contributed by atoms with Crippen LogP contribution in [0.5, 0.6) is 5.75 Å². The number of amides is 1. The summed E-state index contributed by atoms with van der Waals surface area (Å²) in [4.78, 5) is 13.7. The fourth-order valence-corrected chi connectivity index (χ4v) is 2.11. The molecule has 1 aromatic rings. The molecule has 0 aliphatic carbocycles. The first-order chi connectivity index (χ1) is 8.65. The fourth-order valence-electron chi connectivity index (χ4n) is 2.11. The van der Waals surface area contributed by atoms with Gasteiger partial charge in [-0.25, -0.2) is 0 Å². The van der Waals surface area contributed by atoms with E-state index in [1.165, 1.54) is 5.56 Å². The third kappa shape index (κ3) is 3.47. The van der Waals surface area contributed by atoms with Gasteiger partial charge in [0.15, 0.2) is 6.61 Å². The van der Waals surface area contributed by atoms with Crippen LogP contribution in [0, 0.1) is 6.92 Å². The zero-order chi connectivity index (χ0) is 13.0. The zero-order valence-electron chi connectivity index (χ0n) is 10.8. The van der Waals surface area contributed by atoms with Crippen molar-refractivity contribution in [2.45, 2.75) is 25.8 Å². The number of rotatable bonds is 3. The first-order valence-electron chi connectivity index (χ1n) is 6.38. The molecule has 4 nitrogen and oxygen atoms in total. The van der Waals surface area contributed by atoms with Crippen molar-refractivity contribution in [3.63, 3.8) is 0 Å². The Morgan fingerprint density at radius 3 is 2.83 bits per heavy atom. The van der Waals surface area contributed by atoms with Crippen LogP contribution < -0.4 is 10.5 Å². The third-order valence-electron chi connectivity index (χ3n) is 3.19. The predicted molar refractivity (Wildman–Crippen MR) is 70.5 cm³/mol. The summed E-state index contributed by atoms with van der Waals surface area (Å²) < 4.78 is 5.48. The molecule has 1 saturated heterocycles. The second kappa shape index (κ2) is 5.87. The molecule has 0 saturated carbocycles. The van der Waals surface area contributed by atoms with Crippen LogP contribution in [0.2, 0.25) is 0 Å². The maximum Gasteiger partial charge on any atom is 0.260 e. The smallest absolute Gasteiger partial charge is 0.260 e. The average Bonchev–Trinajstić information content (AvgIpc) is 2.38. The Hall–Kier alpha value is -1.55. The molecule has 1 aromatic carbocycles. The van der Waals surface area contributed by atoms with E-state index in [0.29, 0.717) is 6.54 Å². The van der Waals surface area contributed by atoms with Gasteiger partial charge in [0.2, 0.25) is 0 Å². The number of nitrogens with zero attached hydrogens (tertiary/aromatic N) is 1. The van der Waals surface area contributed by atoms with Crippen LogP contribution >= 0.6 is 0 Å². The first-order valence-corrected chi connectivity index (χ1v) is 6.38. The summed E-state index contributed by atoms with van der Waals surface area (Å²) in [6.07, 6.45) is 1.99. The van der Waals surface area contributed by atoms with Crippen molar-refractivity contribution in [3.05, 3.63) is 29.8 Å². The van der Waals surface area contributed by atoms with E-state index in [0.717, 1.165) is 25.1 Å². The van der Waals surface area contributed by atoms with E-state index in [4.69, 9.17) is 10.5 Å². The Morgan fingerprint density at radius 2 is 2.17 bits per heavy atom. The first kappa shape index (κ1) is 12.9. The van der Waals surface area contributed by atoms with Crippen molar-refractivity contribution in [2.75, 3.05) is 19.7 Å². The summed E-state index contributed by atoms with van der Waals surface area (Å²) in [7, 11) is 0. The third-order valence-corrected chi connectivity index (χ3v) is 3.19. The highest BCUT2D eigenvalue weighted by molar-refractivity contribution is 5.77. The molecule has 1 aliphatic rings. The van der Waals surface area contributed by atoms with Crippen LogP contribution in [0.4, 0.5) is 0 Å². The number of ether oxygens (including phenoxy) is 1. The summed E-state index contributed by atoms with van der Waals surface area (Å²) in [5, 5.41) is 0. The Bertz CT molecular complexity index is 403. The van der Waals surface area contributed by atoms with Crippen molar-refractivity contribution in [2.24, 2.45) is 5.73 Å². The highest BCUT2D eigenvalue weighted by Crippen LogP contribution is 2.12. The number of likely N-dealkylation sites (tertiary alicyclic amines) is 1. The van der Waals surface area contributed by atoms with Gasteiger partial charge in [-0.2, -0.15) is 0 Å². The van der Waals surface area contributed by atoms with Crippen molar-refractivity contribution < 1.29 is 9.53 Å². The monoisotopic (exact) mass is 248 g/mol. The molecule has 18 heavy (non-hydrogen) atoms. The second-order valence-corrected chi connectivity index (χ2v) is 4.84. The quantitative estimate of drug-likeness (QED) is 0.877. The maximum absolute atomic E-state index is 11.9. The van der Waals surface area contributed by atoms with E-state index in [9.17, 15) is 4.79 Å². The highest BCUT2D eigenvalue weighted by atomic mass is 16.5. The largest absolute Gasteiger partial charge is 0.484 e. The second-order valence-electron chi connectivity index (χ2n) is 4.84. The molecule has 1 atom stereocenters. The zero-order valence-corrected chi connectivity index (χ0v) is 10.8. The number of piperidine rings is 1. The summed E-state index contributed by atoms with van der Waals surface area (Å²) in [5.41, 5.74) is 7.03. The van der Waals surface area contributed by atoms with Crippen LogP contribution in [0.1, 0.15) is 18.4 Å². The van der Waals surface area contributed by atoms with Gasteiger partial charge in [0.05, 0.1) is 0 Å². The lowest BCUT2D eigenvalue weighted by Gasteiger charge is -2.30. The lowest BCUT2D eigenvalue weighted by Crippen LogP contribution is -2.47. The van der Waals surface area contributed by atoms with Gasteiger partial charge < -0.3 is 15.4 Å². The normalized spacial score (nSPS) is 19.7. The van der Waals surface area contributed by atoms with E-state index in [1.807, 2.05) is 31.2 Å². The van der Waals surface area contributed by atoms with Crippen LogP contribution in [-0.2, 0) is 4.79 Å². The highest BCUT2D eigenvalue weighted by Gasteiger charge is 2.21. The molecule has 0 aromatic heterocycles. The molecule has 98 valence electrons. The molecule has 1 amide bonds. The van der Waals surface area contributed by atoms with E-state index < -0.39 is 0 Å². The molecule has 0 spiro atoms. The topological polar surface area (TPSA) is 55.6 Å². The lowest BCUT2D eigenvalue weighted by molar-refractivity contribution is -0.134. The van der Waals surface area contributed by atoms with Crippen molar-refractivity contribution >= 4 is 5.91 Å². The van der Waals surface area contributed by atoms with Crippen LogP contribution in [0.3, 0.4) is 0 Å². The molecule has 2 rings (SSSR count). The Balaban J connectivity index is 1.82. The molecule has 0 unspecified atom stereocenters. The van der Waals surface area contributed by atoms with Gasteiger partial charge in [-0.1, -0.05) is 17.7 Å². The number of aryl methyl sites for hydroxylation is 1. The molecular formula is C14H20N2O2.